The second kappa shape index (κ2) is 26.6. The van der Waals surface area contributed by atoms with Gasteiger partial charge in [0.05, 0.1) is 0 Å². The van der Waals surface area contributed by atoms with Crippen LogP contribution in [-0.2, 0) is 0 Å². The molecule has 0 aromatic heterocycles. The molecule has 0 radical (unpaired) electrons. The van der Waals surface area contributed by atoms with Crippen LogP contribution in [0.3, 0.4) is 0 Å². The van der Waals surface area contributed by atoms with Crippen LogP contribution in [0.1, 0.15) is 26.2 Å². The van der Waals surface area contributed by atoms with E-state index < -0.39 is 0 Å². The molecule has 0 aromatic rings. The second-order valence-electron chi connectivity index (χ2n) is 1.50. The normalized spacial score (nSPS) is 6.22. The highest BCUT2D eigenvalue weighted by atomic mass is 19.0. The van der Waals surface area contributed by atoms with Crippen LogP contribution in [-0.4, -0.2) is 6.54 Å². The minimum Gasteiger partial charge on any atom is -0.330 e. The molecule has 0 aliphatic carbocycles. The fourth-order valence-corrected chi connectivity index (χ4v) is 0.394. The summed E-state index contributed by atoms with van der Waals surface area (Å²) in [5, 5.41) is 12.0. The molecule has 0 atom stereocenters. The Balaban J connectivity index is -0.000000109. The Bertz CT molecular complexity index is 42.7. The predicted molar refractivity (Wildman–Crippen MR) is 34.5 cm³/mol. The lowest BCUT2D eigenvalue weighted by Gasteiger charge is -1.86. The first-order valence-corrected chi connectivity index (χ1v) is 2.82. The quantitative estimate of drug-likeness (QED) is 0.468. The number of unbranched alkanes of at least 4 members (excludes halogenated alkanes) is 2. The molecule has 0 saturated heterocycles. The highest BCUT2D eigenvalue weighted by Crippen LogP contribution is 1.88. The maximum Gasteiger partial charge on any atom is 0 e. The van der Waals surface area contributed by atoms with Crippen LogP contribution in [0, 0.1) is 10.8 Å². The fraction of sp³-hybridized carbons (Fsp3) is 1.00. The first-order chi connectivity index (χ1) is 3.91. The van der Waals surface area contributed by atoms with Crippen LogP contribution in [0.25, 0.3) is 0 Å². The van der Waals surface area contributed by atoms with E-state index in [1.54, 1.807) is 0 Å². The summed E-state index contributed by atoms with van der Waals surface area (Å²) >= 11 is 0. The van der Waals surface area contributed by atoms with E-state index >= 15 is 0 Å². The molecule has 0 rings (SSSR count). The summed E-state index contributed by atoms with van der Waals surface area (Å²) in [7, 11) is 0. The number of halogens is 1. The van der Waals surface area contributed by atoms with Crippen molar-refractivity contribution >= 4 is 0 Å². The van der Waals surface area contributed by atoms with Crippen molar-refractivity contribution in [2.75, 3.05) is 6.54 Å². The van der Waals surface area contributed by atoms with Crippen molar-refractivity contribution < 1.29 is 4.70 Å². The lowest BCUT2D eigenvalue weighted by molar-refractivity contribution is 0.727. The average molecular weight is 135 g/mol. The molecule has 9 heavy (non-hydrogen) atoms. The van der Waals surface area contributed by atoms with E-state index in [1.165, 1.54) is 19.3 Å². The highest BCUT2D eigenvalue weighted by Gasteiger charge is 1.75. The van der Waals surface area contributed by atoms with Gasteiger partial charge in [-0.05, 0) is 13.0 Å². The van der Waals surface area contributed by atoms with Crippen LogP contribution in [0.15, 0.2) is 0 Å². The number of nitrogens with two attached hydrogens (primary N) is 1. The molecule has 0 bridgehead atoms. The molecule has 0 amide bonds. The zero-order valence-electron chi connectivity index (χ0n) is 5.71. The van der Waals surface area contributed by atoms with Gasteiger partial charge in [-0.1, -0.05) is 19.8 Å². The fourth-order valence-electron chi connectivity index (χ4n) is 0.394. The lowest BCUT2D eigenvalue weighted by Crippen LogP contribution is -1.96. The van der Waals surface area contributed by atoms with Crippen LogP contribution in [0.2, 0.25) is 0 Å². The number of hydrogen-bond acceptors (Lipinski definition) is 3. The maximum atomic E-state index is 6.00. The van der Waals surface area contributed by atoms with Crippen molar-refractivity contribution in [2.45, 2.75) is 26.2 Å². The van der Waals surface area contributed by atoms with Gasteiger partial charge in [-0.3, -0.25) is 4.70 Å². The summed E-state index contributed by atoms with van der Waals surface area (Å²) < 4.78 is 0. The number of hydrogen-bond donors (Lipinski definition) is 1. The molecule has 0 spiro atoms. The molecular formula is C5H14FN3. The molecule has 0 fully saturated rings. The Hall–Kier alpha value is -0.690. The molecule has 0 aliphatic heterocycles. The van der Waals surface area contributed by atoms with Gasteiger partial charge in [-0.25, -0.2) is 0 Å². The maximum absolute atomic E-state index is 6.00. The van der Waals surface area contributed by atoms with Gasteiger partial charge in [0.25, 0.3) is 0 Å². The Morgan fingerprint density at radius 3 is 1.78 bits per heavy atom. The first kappa shape index (κ1) is 15.7. The molecular weight excluding hydrogens is 121 g/mol. The third kappa shape index (κ3) is 38.6. The number of nitrogens with zero attached hydrogens (tertiary/aromatic N) is 2. The van der Waals surface area contributed by atoms with Gasteiger partial charge >= 0.3 is 0 Å². The smallest absolute Gasteiger partial charge is 0 e. The summed E-state index contributed by atoms with van der Waals surface area (Å²) in [4.78, 5) is 0. The van der Waals surface area contributed by atoms with Crippen molar-refractivity contribution in [1.82, 2.24) is 0 Å². The monoisotopic (exact) mass is 135 g/mol. The molecule has 2 N–H and O–H groups in total. The van der Waals surface area contributed by atoms with Crippen LogP contribution >= 0.6 is 0 Å². The van der Waals surface area contributed by atoms with Gasteiger partial charge in [0, 0.05) is 10.8 Å². The lowest BCUT2D eigenvalue weighted by atomic mass is 10.3. The van der Waals surface area contributed by atoms with E-state index in [4.69, 9.17) is 16.5 Å². The zero-order chi connectivity index (χ0) is 6.83. The summed E-state index contributed by atoms with van der Waals surface area (Å²) in [6, 6.07) is 0. The molecule has 3 nitrogen and oxygen atoms in total. The third-order valence-electron chi connectivity index (χ3n) is 0.808. The van der Waals surface area contributed by atoms with Gasteiger partial charge in [0.2, 0.25) is 0 Å². The summed E-state index contributed by atoms with van der Waals surface area (Å²) in [5.74, 6) is 0. The van der Waals surface area contributed by atoms with E-state index in [0.29, 0.717) is 0 Å². The topological polar surface area (TPSA) is 73.6 Å². The zero-order valence-corrected chi connectivity index (χ0v) is 5.71. The van der Waals surface area contributed by atoms with Crippen molar-refractivity contribution in [3.05, 3.63) is 0 Å². The molecule has 0 heterocycles. The molecule has 0 unspecified atom stereocenters. The molecule has 0 aromatic carbocycles. The standard InChI is InChI=1S/C5H13N.FH.N2/c1-2-3-4-5-6;;1-2/h2-6H2,1H3;1H;. The van der Waals surface area contributed by atoms with Gasteiger partial charge in [0.15, 0.2) is 0 Å². The van der Waals surface area contributed by atoms with Crippen molar-refractivity contribution in [1.29, 1.82) is 10.8 Å². The van der Waals surface area contributed by atoms with E-state index in [-0.39, 0.29) is 4.70 Å². The predicted octanol–water partition coefficient (Wildman–Crippen LogP) is 1.32. The first-order valence-electron chi connectivity index (χ1n) is 2.82. The second-order valence-corrected chi connectivity index (χ2v) is 1.50. The van der Waals surface area contributed by atoms with E-state index in [9.17, 15) is 0 Å². The van der Waals surface area contributed by atoms with E-state index in [2.05, 4.69) is 6.92 Å². The Morgan fingerprint density at radius 2 is 1.67 bits per heavy atom. The molecule has 0 saturated carbocycles. The largest absolute Gasteiger partial charge is 0.330 e. The minimum absolute atomic E-state index is 0. The van der Waals surface area contributed by atoms with Gasteiger partial charge < -0.3 is 5.73 Å². The Kier molecular flexibility index (Phi) is 46.5. The Morgan fingerprint density at radius 1 is 1.22 bits per heavy atom. The molecule has 0 aliphatic rings. The summed E-state index contributed by atoms with van der Waals surface area (Å²) in [6.07, 6.45) is 3.75. The number of rotatable bonds is 3. The summed E-state index contributed by atoms with van der Waals surface area (Å²) in [5.41, 5.74) is 5.21. The average Bonchev–Trinajstić information content (AvgIpc) is 1.88. The van der Waals surface area contributed by atoms with Gasteiger partial charge in [-0.15, -0.1) is 0 Å². The van der Waals surface area contributed by atoms with E-state index in [1.807, 2.05) is 0 Å². The van der Waals surface area contributed by atoms with Crippen LogP contribution in [0.4, 0.5) is 4.70 Å². The van der Waals surface area contributed by atoms with E-state index in [0.717, 1.165) is 6.54 Å². The van der Waals surface area contributed by atoms with Crippen molar-refractivity contribution in [3.63, 3.8) is 0 Å². The van der Waals surface area contributed by atoms with Crippen LogP contribution < -0.4 is 5.73 Å². The molecule has 56 valence electrons. The summed E-state index contributed by atoms with van der Waals surface area (Å²) in [6.45, 7) is 3.03. The highest BCUT2D eigenvalue weighted by molar-refractivity contribution is 4.34. The molecule has 4 heteroatoms. The third-order valence-corrected chi connectivity index (χ3v) is 0.808. The van der Waals surface area contributed by atoms with Crippen LogP contribution in [0.5, 0.6) is 0 Å². The van der Waals surface area contributed by atoms with Crippen molar-refractivity contribution in [3.8, 4) is 0 Å². The minimum atomic E-state index is 0. The van der Waals surface area contributed by atoms with Gasteiger partial charge in [-0.2, -0.15) is 0 Å². The van der Waals surface area contributed by atoms with Gasteiger partial charge in [0.1, 0.15) is 0 Å². The van der Waals surface area contributed by atoms with Crippen molar-refractivity contribution in [2.24, 2.45) is 5.73 Å². The SMILES string of the molecule is CCCCCN.F.N#N. The Labute approximate surface area is 55.0 Å².